The third-order valence-electron chi connectivity index (χ3n) is 5.33. The standard InChI is InChI=1S/C13H8NO.C8H14O2.Ir/c1-2-6-10(7-3-1)13-14-11-8-4-5-9-12(11)15-13;9-6-3-1-5-2-4-7(10)8(5)6;/h1-6,8-9H;5-10H,1-4H2;/q-1;;. The summed E-state index contributed by atoms with van der Waals surface area (Å²) in [5, 5.41) is 18.8. The molecule has 0 saturated heterocycles. The van der Waals surface area contributed by atoms with E-state index in [-0.39, 0.29) is 38.2 Å². The van der Waals surface area contributed by atoms with Crippen LogP contribution in [0.4, 0.5) is 0 Å². The molecule has 1 heterocycles. The van der Waals surface area contributed by atoms with Gasteiger partial charge in [0.05, 0.1) is 17.7 Å². The van der Waals surface area contributed by atoms with E-state index in [0.29, 0.717) is 11.8 Å². The van der Waals surface area contributed by atoms with Crippen LogP contribution < -0.4 is 0 Å². The van der Waals surface area contributed by atoms with E-state index >= 15 is 0 Å². The minimum atomic E-state index is -0.206. The maximum absolute atomic E-state index is 9.41. The molecule has 5 heteroatoms. The van der Waals surface area contributed by atoms with Crippen LogP contribution in [-0.2, 0) is 20.1 Å². The molecule has 0 aliphatic heterocycles. The summed E-state index contributed by atoms with van der Waals surface area (Å²) in [5.41, 5.74) is 2.57. The van der Waals surface area contributed by atoms with Gasteiger partial charge in [-0.1, -0.05) is 17.7 Å². The second kappa shape index (κ2) is 8.45. The largest absolute Gasteiger partial charge is 0.481 e. The fourth-order valence-corrected chi connectivity index (χ4v) is 4.08. The summed E-state index contributed by atoms with van der Waals surface area (Å²) in [4.78, 5) is 4.39. The quantitative estimate of drug-likeness (QED) is 0.472. The Morgan fingerprint density at radius 2 is 1.62 bits per heavy atom. The van der Waals surface area contributed by atoms with Crippen molar-refractivity contribution in [3.63, 3.8) is 0 Å². The summed E-state index contributed by atoms with van der Waals surface area (Å²) in [7, 11) is 0. The second-order valence-corrected chi connectivity index (χ2v) is 6.89. The Morgan fingerprint density at radius 3 is 2.23 bits per heavy atom. The SMILES string of the molecule is OC1CCC2CCC(O)C12.[Ir].[c-]1ccccc1-c1nc2ccccc2o1. The molecule has 0 amide bonds. The molecule has 5 rings (SSSR count). The van der Waals surface area contributed by atoms with E-state index < -0.39 is 0 Å². The van der Waals surface area contributed by atoms with E-state index in [2.05, 4.69) is 11.1 Å². The van der Waals surface area contributed by atoms with Crippen LogP contribution in [0, 0.1) is 17.9 Å². The topological polar surface area (TPSA) is 66.5 Å². The number of hydrogen-bond acceptors (Lipinski definition) is 4. The fraction of sp³-hybridized carbons (Fsp3) is 0.381. The third-order valence-corrected chi connectivity index (χ3v) is 5.33. The summed E-state index contributed by atoms with van der Waals surface area (Å²) < 4.78 is 5.61. The number of rotatable bonds is 1. The van der Waals surface area contributed by atoms with Crippen LogP contribution in [0.2, 0.25) is 0 Å². The van der Waals surface area contributed by atoms with Crippen molar-refractivity contribution in [1.82, 2.24) is 4.98 Å². The summed E-state index contributed by atoms with van der Waals surface area (Å²) in [6, 6.07) is 18.5. The first kappa shape index (κ1) is 19.2. The van der Waals surface area contributed by atoms with E-state index in [4.69, 9.17) is 4.42 Å². The fourth-order valence-electron chi connectivity index (χ4n) is 4.08. The number of aliphatic hydroxyl groups is 2. The maximum atomic E-state index is 9.41. The van der Waals surface area contributed by atoms with Gasteiger partial charge in [0, 0.05) is 26.0 Å². The van der Waals surface area contributed by atoms with Crippen molar-refractivity contribution in [1.29, 1.82) is 0 Å². The van der Waals surface area contributed by atoms with Crippen molar-refractivity contribution in [2.24, 2.45) is 11.8 Å². The van der Waals surface area contributed by atoms with Gasteiger partial charge in [-0.05, 0) is 43.7 Å². The number of para-hydroxylation sites is 2. The Morgan fingerprint density at radius 1 is 0.923 bits per heavy atom. The Kier molecular flexibility index (Phi) is 6.25. The van der Waals surface area contributed by atoms with Crippen molar-refractivity contribution in [2.45, 2.75) is 37.9 Å². The number of nitrogens with zero attached hydrogens (tertiary/aromatic N) is 1. The molecule has 3 aromatic rings. The molecule has 2 N–H and O–H groups in total. The molecule has 2 aliphatic carbocycles. The second-order valence-electron chi connectivity index (χ2n) is 6.89. The van der Waals surface area contributed by atoms with Gasteiger partial charge >= 0.3 is 0 Å². The predicted molar refractivity (Wildman–Crippen MR) is 95.7 cm³/mol. The van der Waals surface area contributed by atoms with Crippen LogP contribution >= 0.6 is 0 Å². The van der Waals surface area contributed by atoms with E-state index in [1.54, 1.807) is 0 Å². The maximum Gasteiger partial charge on any atom is 0.141 e. The zero-order valence-electron chi connectivity index (χ0n) is 14.3. The van der Waals surface area contributed by atoms with Crippen LogP contribution in [0.15, 0.2) is 52.9 Å². The smallest absolute Gasteiger partial charge is 0.141 e. The van der Waals surface area contributed by atoms with E-state index in [1.165, 1.54) is 0 Å². The van der Waals surface area contributed by atoms with Crippen LogP contribution in [-0.4, -0.2) is 27.4 Å². The molecule has 2 fully saturated rings. The zero-order chi connectivity index (χ0) is 17.2. The molecule has 1 aromatic heterocycles. The first-order chi connectivity index (χ1) is 12.2. The summed E-state index contributed by atoms with van der Waals surface area (Å²) in [5.74, 6) is 1.47. The number of benzene rings is 2. The molecule has 0 spiro atoms. The number of hydrogen-bond donors (Lipinski definition) is 2. The average Bonchev–Trinajstić information content (AvgIpc) is 3.34. The summed E-state index contributed by atoms with van der Waals surface area (Å²) >= 11 is 0. The van der Waals surface area contributed by atoms with Gasteiger partial charge in [0.1, 0.15) is 11.5 Å². The Labute approximate surface area is 166 Å². The van der Waals surface area contributed by atoms with E-state index in [0.717, 1.165) is 42.3 Å². The molecular formula is C21H22IrNO3-. The number of aromatic nitrogens is 1. The van der Waals surface area contributed by atoms with Gasteiger partial charge in [-0.15, -0.1) is 30.3 Å². The summed E-state index contributed by atoms with van der Waals surface area (Å²) in [6.07, 6.45) is 3.66. The Bertz CT molecular complexity index is 788. The van der Waals surface area contributed by atoms with Crippen LogP contribution in [0.1, 0.15) is 25.7 Å². The Hall–Kier alpha value is -1.52. The van der Waals surface area contributed by atoms with E-state index in [1.807, 2.05) is 48.5 Å². The monoisotopic (exact) mass is 529 g/mol. The average molecular weight is 529 g/mol. The molecule has 139 valence electrons. The molecule has 2 aliphatic rings. The van der Waals surface area contributed by atoms with Gasteiger partial charge in [-0.2, -0.15) is 0 Å². The summed E-state index contributed by atoms with van der Waals surface area (Å²) in [6.45, 7) is 0. The Balaban J connectivity index is 0.000000156. The predicted octanol–water partition coefficient (Wildman–Crippen LogP) is 3.82. The number of oxazole rings is 1. The van der Waals surface area contributed by atoms with Crippen LogP contribution in [0.5, 0.6) is 0 Å². The van der Waals surface area contributed by atoms with Gasteiger partial charge in [0.2, 0.25) is 0 Å². The number of fused-ring (bicyclic) bond motifs is 2. The molecule has 2 saturated carbocycles. The minimum Gasteiger partial charge on any atom is -0.481 e. The first-order valence-corrected chi connectivity index (χ1v) is 8.91. The van der Waals surface area contributed by atoms with Gasteiger partial charge in [-0.3, -0.25) is 4.98 Å². The van der Waals surface area contributed by atoms with Gasteiger partial charge in [0.15, 0.2) is 0 Å². The van der Waals surface area contributed by atoms with Crippen LogP contribution in [0.25, 0.3) is 22.6 Å². The molecule has 2 unspecified atom stereocenters. The molecule has 2 atom stereocenters. The zero-order valence-corrected chi connectivity index (χ0v) is 16.7. The molecule has 26 heavy (non-hydrogen) atoms. The van der Waals surface area contributed by atoms with Crippen molar-refractivity contribution >= 4 is 11.1 Å². The van der Waals surface area contributed by atoms with Crippen molar-refractivity contribution in [3.8, 4) is 11.5 Å². The first-order valence-electron chi connectivity index (χ1n) is 8.91. The van der Waals surface area contributed by atoms with E-state index in [9.17, 15) is 10.2 Å². The molecule has 4 nitrogen and oxygen atoms in total. The molecular weight excluding hydrogens is 506 g/mol. The molecule has 0 bridgehead atoms. The molecule has 2 aromatic carbocycles. The van der Waals surface area contributed by atoms with Crippen LogP contribution in [0.3, 0.4) is 0 Å². The van der Waals surface area contributed by atoms with Crippen molar-refractivity contribution in [2.75, 3.05) is 0 Å². The molecule has 1 radical (unpaired) electrons. The normalized spacial score (nSPS) is 26.7. The minimum absolute atomic E-state index is 0. The van der Waals surface area contributed by atoms with Gasteiger partial charge in [0.25, 0.3) is 0 Å². The van der Waals surface area contributed by atoms with Crippen molar-refractivity contribution in [3.05, 3.63) is 54.6 Å². The third kappa shape index (κ3) is 3.91. The van der Waals surface area contributed by atoms with Crippen molar-refractivity contribution < 1.29 is 34.7 Å². The number of aliphatic hydroxyl groups excluding tert-OH is 2. The van der Waals surface area contributed by atoms with Gasteiger partial charge < -0.3 is 14.6 Å². The van der Waals surface area contributed by atoms with Gasteiger partial charge in [-0.25, -0.2) is 0 Å².